The van der Waals surface area contributed by atoms with Gasteiger partial charge in [-0.2, -0.15) is 0 Å². The fourth-order valence-electron chi connectivity index (χ4n) is 1.31. The Morgan fingerprint density at radius 1 is 1.18 bits per heavy atom. The number of rotatable bonds is 2. The van der Waals surface area contributed by atoms with Gasteiger partial charge in [0, 0.05) is 11.2 Å². The normalized spacial score (nSPS) is 10.9. The highest BCUT2D eigenvalue weighted by molar-refractivity contribution is 14.1. The SMILES string of the molecule is Oc1ccc(C=Nc2cccc(Cl)c2)cc1I. The summed E-state index contributed by atoms with van der Waals surface area (Å²) in [7, 11) is 0. The smallest absolute Gasteiger partial charge is 0.128 e. The minimum atomic E-state index is 0.283. The molecule has 0 unspecified atom stereocenters. The fourth-order valence-corrected chi connectivity index (χ4v) is 2.03. The lowest BCUT2D eigenvalue weighted by Crippen LogP contribution is -1.82. The first-order valence-electron chi connectivity index (χ1n) is 4.93. The van der Waals surface area contributed by atoms with E-state index in [1.807, 2.05) is 30.3 Å². The number of phenols is 1. The van der Waals surface area contributed by atoms with Crippen molar-refractivity contribution in [2.45, 2.75) is 0 Å². The Morgan fingerprint density at radius 2 is 2.00 bits per heavy atom. The van der Waals surface area contributed by atoms with E-state index in [9.17, 15) is 5.11 Å². The van der Waals surface area contributed by atoms with Crippen molar-refractivity contribution >= 4 is 46.1 Å². The third-order valence-corrected chi connectivity index (χ3v) is 3.24. The van der Waals surface area contributed by atoms with E-state index in [0.29, 0.717) is 5.02 Å². The monoisotopic (exact) mass is 357 g/mol. The lowest BCUT2D eigenvalue weighted by atomic mass is 10.2. The predicted octanol–water partition coefficient (Wildman–Crippen LogP) is 4.40. The van der Waals surface area contributed by atoms with Gasteiger partial charge < -0.3 is 5.11 Å². The maximum absolute atomic E-state index is 9.40. The topological polar surface area (TPSA) is 32.6 Å². The van der Waals surface area contributed by atoms with Crippen molar-refractivity contribution in [3.05, 3.63) is 56.6 Å². The number of aliphatic imine (C=N–C) groups is 1. The van der Waals surface area contributed by atoms with Crippen molar-refractivity contribution in [3.63, 3.8) is 0 Å². The first kappa shape index (κ1) is 12.4. The van der Waals surface area contributed by atoms with Gasteiger partial charge >= 0.3 is 0 Å². The van der Waals surface area contributed by atoms with E-state index in [1.54, 1.807) is 18.3 Å². The molecule has 0 fully saturated rings. The molecule has 17 heavy (non-hydrogen) atoms. The molecule has 0 saturated heterocycles. The third-order valence-electron chi connectivity index (χ3n) is 2.14. The Morgan fingerprint density at radius 3 is 2.71 bits per heavy atom. The molecule has 4 heteroatoms. The summed E-state index contributed by atoms with van der Waals surface area (Å²) in [5.74, 6) is 0.283. The first-order valence-corrected chi connectivity index (χ1v) is 6.39. The largest absolute Gasteiger partial charge is 0.507 e. The van der Waals surface area contributed by atoms with Gasteiger partial charge in [0.2, 0.25) is 0 Å². The maximum atomic E-state index is 9.40. The van der Waals surface area contributed by atoms with Gasteiger partial charge in [-0.25, -0.2) is 0 Å². The quantitative estimate of drug-likeness (QED) is 0.627. The van der Waals surface area contributed by atoms with Crippen LogP contribution in [0.1, 0.15) is 5.56 Å². The van der Waals surface area contributed by atoms with E-state index < -0.39 is 0 Å². The van der Waals surface area contributed by atoms with Gasteiger partial charge in [0.25, 0.3) is 0 Å². The number of phenolic OH excluding ortho intramolecular Hbond substituents is 1. The molecule has 0 saturated carbocycles. The molecule has 0 aliphatic rings. The number of hydrogen-bond donors (Lipinski definition) is 1. The highest BCUT2D eigenvalue weighted by Crippen LogP contribution is 2.21. The third kappa shape index (κ3) is 3.44. The summed E-state index contributed by atoms with van der Waals surface area (Å²) in [4.78, 5) is 4.31. The molecule has 2 aromatic rings. The molecule has 0 bridgehead atoms. The second kappa shape index (κ2) is 5.51. The summed E-state index contributed by atoms with van der Waals surface area (Å²) in [6, 6.07) is 12.7. The van der Waals surface area contributed by atoms with Gasteiger partial charge in [0.1, 0.15) is 5.75 Å². The maximum Gasteiger partial charge on any atom is 0.128 e. The highest BCUT2D eigenvalue weighted by Gasteiger charge is 1.97. The molecule has 0 aromatic heterocycles. The van der Waals surface area contributed by atoms with Gasteiger partial charge in [0.15, 0.2) is 0 Å². The minimum absolute atomic E-state index is 0.283. The van der Waals surface area contributed by atoms with Crippen molar-refractivity contribution in [2.24, 2.45) is 4.99 Å². The van der Waals surface area contributed by atoms with E-state index >= 15 is 0 Å². The minimum Gasteiger partial charge on any atom is -0.507 e. The summed E-state index contributed by atoms with van der Waals surface area (Å²) in [5, 5.41) is 10.1. The number of hydrogen-bond acceptors (Lipinski definition) is 2. The van der Waals surface area contributed by atoms with Crippen LogP contribution in [0, 0.1) is 3.57 Å². The molecule has 2 rings (SSSR count). The average Bonchev–Trinajstić information content (AvgIpc) is 2.31. The lowest BCUT2D eigenvalue weighted by Gasteiger charge is -1.98. The van der Waals surface area contributed by atoms with E-state index in [0.717, 1.165) is 14.8 Å². The van der Waals surface area contributed by atoms with Crippen molar-refractivity contribution < 1.29 is 5.11 Å². The second-order valence-electron chi connectivity index (χ2n) is 3.45. The van der Waals surface area contributed by atoms with Crippen LogP contribution in [-0.4, -0.2) is 11.3 Å². The highest BCUT2D eigenvalue weighted by atomic mass is 127. The Kier molecular flexibility index (Phi) is 4.02. The molecule has 0 atom stereocenters. The molecule has 0 radical (unpaired) electrons. The number of halogens is 2. The molecule has 0 spiro atoms. The summed E-state index contributed by atoms with van der Waals surface area (Å²) in [6.07, 6.45) is 1.74. The molecule has 0 amide bonds. The number of nitrogens with zero attached hydrogens (tertiary/aromatic N) is 1. The molecule has 2 aromatic carbocycles. The Balaban J connectivity index is 2.23. The first-order chi connectivity index (χ1) is 8.15. The number of benzene rings is 2. The van der Waals surface area contributed by atoms with Crippen molar-refractivity contribution in [1.29, 1.82) is 0 Å². The van der Waals surface area contributed by atoms with Crippen LogP contribution in [0.15, 0.2) is 47.5 Å². The molecule has 0 aliphatic carbocycles. The van der Waals surface area contributed by atoms with Gasteiger partial charge in [0.05, 0.1) is 9.26 Å². The molecule has 0 heterocycles. The lowest BCUT2D eigenvalue weighted by molar-refractivity contribution is 0.471. The van der Waals surface area contributed by atoms with Crippen LogP contribution in [0.2, 0.25) is 5.02 Å². The van der Waals surface area contributed by atoms with Crippen LogP contribution in [-0.2, 0) is 0 Å². The van der Waals surface area contributed by atoms with Gasteiger partial charge in [-0.15, -0.1) is 0 Å². The Bertz CT molecular complexity index is 569. The van der Waals surface area contributed by atoms with Gasteiger partial charge in [-0.1, -0.05) is 17.7 Å². The van der Waals surface area contributed by atoms with E-state index in [4.69, 9.17) is 11.6 Å². The Labute approximate surface area is 118 Å². The molecule has 2 nitrogen and oxygen atoms in total. The molecule has 86 valence electrons. The van der Waals surface area contributed by atoms with Crippen molar-refractivity contribution in [1.82, 2.24) is 0 Å². The zero-order valence-electron chi connectivity index (χ0n) is 8.77. The molecular formula is C13H9ClINO. The fraction of sp³-hybridized carbons (Fsp3) is 0. The molecular weight excluding hydrogens is 349 g/mol. The van der Waals surface area contributed by atoms with Gasteiger partial charge in [-0.3, -0.25) is 4.99 Å². The second-order valence-corrected chi connectivity index (χ2v) is 5.05. The summed E-state index contributed by atoms with van der Waals surface area (Å²) in [6.45, 7) is 0. The zero-order valence-corrected chi connectivity index (χ0v) is 11.7. The standard InChI is InChI=1S/C13H9ClINO/c14-10-2-1-3-11(7-10)16-8-9-4-5-13(17)12(15)6-9/h1-8,17H. The van der Waals surface area contributed by atoms with Crippen molar-refractivity contribution in [3.8, 4) is 5.75 Å². The van der Waals surface area contributed by atoms with Crippen LogP contribution in [0.3, 0.4) is 0 Å². The number of aromatic hydroxyl groups is 1. The van der Waals surface area contributed by atoms with Crippen LogP contribution >= 0.6 is 34.2 Å². The van der Waals surface area contributed by atoms with Crippen LogP contribution < -0.4 is 0 Å². The van der Waals surface area contributed by atoms with Crippen molar-refractivity contribution in [2.75, 3.05) is 0 Å². The predicted molar refractivity (Wildman–Crippen MR) is 79.5 cm³/mol. The van der Waals surface area contributed by atoms with Crippen LogP contribution in [0.4, 0.5) is 5.69 Å². The van der Waals surface area contributed by atoms with E-state index in [2.05, 4.69) is 27.6 Å². The molecule has 1 N–H and O–H groups in total. The summed E-state index contributed by atoms with van der Waals surface area (Å²) in [5.41, 5.74) is 1.74. The van der Waals surface area contributed by atoms with E-state index in [-0.39, 0.29) is 5.75 Å². The summed E-state index contributed by atoms with van der Waals surface area (Å²) < 4.78 is 0.803. The van der Waals surface area contributed by atoms with Crippen LogP contribution in [0.25, 0.3) is 0 Å². The van der Waals surface area contributed by atoms with Crippen LogP contribution in [0.5, 0.6) is 5.75 Å². The average molecular weight is 358 g/mol. The van der Waals surface area contributed by atoms with E-state index in [1.165, 1.54) is 0 Å². The zero-order chi connectivity index (χ0) is 12.3. The molecule has 0 aliphatic heterocycles. The summed E-state index contributed by atoms with van der Waals surface area (Å²) >= 11 is 7.94. The van der Waals surface area contributed by atoms with Gasteiger partial charge in [-0.05, 0) is 64.6 Å². The Hall–Kier alpha value is -1.07.